The van der Waals surface area contributed by atoms with Crippen molar-refractivity contribution in [1.82, 2.24) is 9.62 Å². The molecular weight excluding hydrogens is 344 g/mol. The summed E-state index contributed by atoms with van der Waals surface area (Å²) in [7, 11) is -2.58. The van der Waals surface area contributed by atoms with E-state index in [0.717, 1.165) is 0 Å². The van der Waals surface area contributed by atoms with E-state index in [1.165, 1.54) is 32.2 Å². The van der Waals surface area contributed by atoms with E-state index >= 15 is 0 Å². The fraction of sp³-hybridized carbons (Fsp3) is 0.500. The van der Waals surface area contributed by atoms with Gasteiger partial charge in [-0.05, 0) is 25.1 Å². The minimum Gasteiger partial charge on any atom is -0.495 e. The first-order valence-electron chi connectivity index (χ1n) is 7.07. The van der Waals surface area contributed by atoms with E-state index in [-0.39, 0.29) is 21.6 Å². The van der Waals surface area contributed by atoms with Gasteiger partial charge in [-0.25, -0.2) is 8.42 Å². The van der Waals surface area contributed by atoms with Gasteiger partial charge < -0.3 is 14.4 Å². The highest BCUT2D eigenvalue weighted by Crippen LogP contribution is 2.27. The highest BCUT2D eigenvalue weighted by Gasteiger charge is 2.28. The molecule has 1 aromatic carbocycles. The van der Waals surface area contributed by atoms with Gasteiger partial charge in [0.2, 0.25) is 15.9 Å². The van der Waals surface area contributed by atoms with E-state index in [0.29, 0.717) is 26.3 Å². The number of nitrogens with one attached hydrogen (secondary N) is 1. The van der Waals surface area contributed by atoms with E-state index < -0.39 is 16.1 Å². The third kappa shape index (κ3) is 4.35. The Kier molecular flexibility index (Phi) is 5.85. The number of ether oxygens (including phenoxy) is 2. The van der Waals surface area contributed by atoms with Crippen LogP contribution in [-0.2, 0) is 19.6 Å². The molecular formula is C14H19ClN2O5S. The summed E-state index contributed by atoms with van der Waals surface area (Å²) in [4.78, 5) is 13.8. The van der Waals surface area contributed by atoms with Gasteiger partial charge >= 0.3 is 0 Å². The van der Waals surface area contributed by atoms with Gasteiger partial charge in [-0.15, -0.1) is 0 Å². The van der Waals surface area contributed by atoms with Gasteiger partial charge in [0.15, 0.2) is 0 Å². The number of halogens is 1. The minimum absolute atomic E-state index is 0.103. The fourth-order valence-electron chi connectivity index (χ4n) is 2.26. The molecule has 1 aromatic rings. The molecule has 1 aliphatic rings. The summed E-state index contributed by atoms with van der Waals surface area (Å²) in [5.74, 6) is -0.134. The number of benzene rings is 1. The third-order valence-corrected chi connectivity index (χ3v) is 5.24. The van der Waals surface area contributed by atoms with E-state index in [1.807, 2.05) is 0 Å². The maximum absolute atomic E-state index is 12.5. The Balaban J connectivity index is 2.17. The third-order valence-electron chi connectivity index (χ3n) is 3.44. The number of sulfonamides is 1. The second kappa shape index (κ2) is 7.48. The first-order chi connectivity index (χ1) is 10.8. The summed E-state index contributed by atoms with van der Waals surface area (Å²) < 4.78 is 37.6. The number of morpholine rings is 1. The van der Waals surface area contributed by atoms with Crippen molar-refractivity contribution in [2.45, 2.75) is 17.9 Å². The molecule has 1 aliphatic heterocycles. The summed E-state index contributed by atoms with van der Waals surface area (Å²) in [5, 5.41) is 0.262. The molecule has 7 nitrogen and oxygen atoms in total. The van der Waals surface area contributed by atoms with Crippen molar-refractivity contribution < 1.29 is 22.7 Å². The quantitative estimate of drug-likeness (QED) is 0.840. The Hall–Kier alpha value is -1.35. The minimum atomic E-state index is -3.95. The lowest BCUT2D eigenvalue weighted by Gasteiger charge is -2.29. The lowest BCUT2D eigenvalue weighted by molar-refractivity contribution is -0.136. The number of carbonyl (C=O) groups is 1. The second-order valence-electron chi connectivity index (χ2n) is 5.08. The highest BCUT2D eigenvalue weighted by molar-refractivity contribution is 7.89. The first kappa shape index (κ1) is 18.0. The van der Waals surface area contributed by atoms with Crippen LogP contribution in [0.25, 0.3) is 0 Å². The summed E-state index contributed by atoms with van der Waals surface area (Å²) in [6.45, 7) is 3.31. The van der Waals surface area contributed by atoms with Crippen molar-refractivity contribution in [3.05, 3.63) is 23.2 Å². The molecule has 0 aromatic heterocycles. The van der Waals surface area contributed by atoms with Gasteiger partial charge in [0.1, 0.15) is 10.6 Å². The van der Waals surface area contributed by atoms with Crippen molar-refractivity contribution in [2.24, 2.45) is 0 Å². The normalized spacial score (nSPS) is 16.9. The van der Waals surface area contributed by atoms with E-state index in [9.17, 15) is 13.2 Å². The average Bonchev–Trinajstić information content (AvgIpc) is 2.54. The topological polar surface area (TPSA) is 84.9 Å². The van der Waals surface area contributed by atoms with Crippen LogP contribution in [0.2, 0.25) is 5.02 Å². The predicted octanol–water partition coefficient (Wildman–Crippen LogP) is 0.874. The molecule has 0 bridgehead atoms. The number of hydrogen-bond donors (Lipinski definition) is 1. The zero-order valence-corrected chi connectivity index (χ0v) is 14.5. The van der Waals surface area contributed by atoms with Gasteiger partial charge in [-0.1, -0.05) is 11.6 Å². The predicted molar refractivity (Wildman–Crippen MR) is 85.2 cm³/mol. The largest absolute Gasteiger partial charge is 0.495 e. The monoisotopic (exact) mass is 362 g/mol. The lowest BCUT2D eigenvalue weighted by Crippen LogP contribution is -2.50. The van der Waals surface area contributed by atoms with Gasteiger partial charge in [0.05, 0.1) is 26.4 Å². The number of carbonyl (C=O) groups excluding carboxylic acids is 1. The summed E-state index contributed by atoms with van der Waals surface area (Å²) in [5.41, 5.74) is 0. The zero-order valence-electron chi connectivity index (χ0n) is 12.9. The van der Waals surface area contributed by atoms with E-state index in [2.05, 4.69) is 4.72 Å². The summed E-state index contributed by atoms with van der Waals surface area (Å²) in [6, 6.07) is 3.38. The van der Waals surface area contributed by atoms with Gasteiger partial charge in [0.25, 0.3) is 0 Å². The van der Waals surface area contributed by atoms with Gasteiger partial charge in [0, 0.05) is 18.1 Å². The maximum Gasteiger partial charge on any atom is 0.245 e. The van der Waals surface area contributed by atoms with Crippen molar-refractivity contribution in [2.75, 3.05) is 33.4 Å². The summed E-state index contributed by atoms with van der Waals surface area (Å²) in [6.07, 6.45) is 0. The highest BCUT2D eigenvalue weighted by atomic mass is 35.5. The van der Waals surface area contributed by atoms with Crippen LogP contribution in [0.4, 0.5) is 0 Å². The van der Waals surface area contributed by atoms with E-state index in [4.69, 9.17) is 21.1 Å². The van der Waals surface area contributed by atoms with Crippen LogP contribution in [0.3, 0.4) is 0 Å². The molecule has 1 atom stereocenters. The van der Waals surface area contributed by atoms with Crippen LogP contribution >= 0.6 is 11.6 Å². The molecule has 0 spiro atoms. The molecule has 1 heterocycles. The number of rotatable bonds is 5. The molecule has 1 N–H and O–H groups in total. The van der Waals surface area contributed by atoms with Crippen LogP contribution in [0.15, 0.2) is 23.1 Å². The van der Waals surface area contributed by atoms with Crippen LogP contribution in [0.1, 0.15) is 6.92 Å². The number of hydrogen-bond acceptors (Lipinski definition) is 5. The fourth-order valence-corrected chi connectivity index (χ4v) is 3.89. The second-order valence-corrected chi connectivity index (χ2v) is 7.19. The van der Waals surface area contributed by atoms with Gasteiger partial charge in [-0.3, -0.25) is 4.79 Å². The number of nitrogens with zero attached hydrogens (tertiary/aromatic N) is 1. The van der Waals surface area contributed by atoms with Crippen LogP contribution in [0, 0.1) is 0 Å². The molecule has 128 valence electrons. The van der Waals surface area contributed by atoms with Crippen LogP contribution in [-0.4, -0.2) is 58.7 Å². The Morgan fingerprint density at radius 2 is 2.04 bits per heavy atom. The first-order valence-corrected chi connectivity index (χ1v) is 8.93. The van der Waals surface area contributed by atoms with Crippen LogP contribution in [0.5, 0.6) is 5.75 Å². The Morgan fingerprint density at radius 1 is 1.39 bits per heavy atom. The molecule has 1 saturated heterocycles. The molecule has 1 fully saturated rings. The average molecular weight is 363 g/mol. The molecule has 0 aliphatic carbocycles. The van der Waals surface area contributed by atoms with Gasteiger partial charge in [-0.2, -0.15) is 4.72 Å². The molecule has 23 heavy (non-hydrogen) atoms. The maximum atomic E-state index is 12.5. The summed E-state index contributed by atoms with van der Waals surface area (Å²) >= 11 is 5.86. The molecule has 0 radical (unpaired) electrons. The van der Waals surface area contributed by atoms with E-state index in [1.54, 1.807) is 4.90 Å². The lowest BCUT2D eigenvalue weighted by atomic mass is 10.3. The molecule has 9 heteroatoms. The molecule has 0 unspecified atom stereocenters. The Labute approximate surface area is 140 Å². The zero-order chi connectivity index (χ0) is 17.0. The smallest absolute Gasteiger partial charge is 0.245 e. The van der Waals surface area contributed by atoms with Crippen molar-refractivity contribution in [3.63, 3.8) is 0 Å². The number of amides is 1. The Morgan fingerprint density at radius 3 is 2.65 bits per heavy atom. The van der Waals surface area contributed by atoms with Crippen molar-refractivity contribution >= 4 is 27.5 Å². The molecule has 1 amide bonds. The van der Waals surface area contributed by atoms with Crippen LogP contribution < -0.4 is 9.46 Å². The SMILES string of the molecule is COc1ccc(Cl)cc1S(=O)(=O)N[C@@H](C)C(=O)N1CCOCC1. The van der Waals surface area contributed by atoms with Crippen molar-refractivity contribution in [3.8, 4) is 5.75 Å². The molecule has 2 rings (SSSR count). The van der Waals surface area contributed by atoms with Crippen molar-refractivity contribution in [1.29, 1.82) is 0 Å². The standard InChI is InChI=1S/C14H19ClN2O5S/c1-10(14(18)17-5-7-22-8-6-17)16-23(19,20)13-9-11(15)3-4-12(13)21-2/h3-4,9-10,16H,5-8H2,1-2H3/t10-/m0/s1. The number of methoxy groups -OCH3 is 1. The Bertz CT molecular complexity index is 674. The molecule has 0 saturated carbocycles.